The summed E-state index contributed by atoms with van der Waals surface area (Å²) < 4.78 is 10.2. The topological polar surface area (TPSA) is 76.1 Å². The molecule has 2 bridgehead atoms. The van der Waals surface area contributed by atoms with Crippen molar-refractivity contribution in [3.05, 3.63) is 0 Å². The van der Waals surface area contributed by atoms with Crippen molar-refractivity contribution in [3.8, 4) is 0 Å². The van der Waals surface area contributed by atoms with Crippen LogP contribution < -0.4 is 0 Å². The number of hydrogen-bond donors (Lipinski definition) is 1. The van der Waals surface area contributed by atoms with Crippen LogP contribution in [0.1, 0.15) is 33.6 Å². The molecule has 1 aliphatic carbocycles. The highest BCUT2D eigenvalue weighted by Gasteiger charge is 2.64. The Labute approximate surface area is 119 Å². The minimum absolute atomic E-state index is 0.0367. The van der Waals surface area contributed by atoms with Crippen LogP contribution in [0.15, 0.2) is 0 Å². The van der Waals surface area contributed by atoms with Crippen molar-refractivity contribution in [2.45, 2.75) is 39.2 Å². The van der Waals surface area contributed by atoms with Crippen LogP contribution in [0.5, 0.6) is 0 Å². The minimum Gasteiger partial charge on any atom is -0.469 e. The van der Waals surface area contributed by atoms with Gasteiger partial charge in [-0.1, -0.05) is 0 Å². The van der Waals surface area contributed by atoms with Crippen LogP contribution in [-0.2, 0) is 14.3 Å². The smallest absolute Gasteiger partial charge is 0.410 e. The van der Waals surface area contributed by atoms with Crippen LogP contribution in [0, 0.1) is 10.8 Å². The van der Waals surface area contributed by atoms with Crippen LogP contribution in [0.4, 0.5) is 4.79 Å². The minimum atomic E-state index is -0.674. The van der Waals surface area contributed by atoms with Gasteiger partial charge in [0.25, 0.3) is 0 Å². The monoisotopic (exact) mass is 285 g/mol. The molecule has 114 valence electrons. The summed E-state index contributed by atoms with van der Waals surface area (Å²) >= 11 is 0. The molecule has 6 heteroatoms. The number of aliphatic hydroxyl groups is 1. The van der Waals surface area contributed by atoms with E-state index in [0.717, 1.165) is 0 Å². The number of aliphatic hydroxyl groups excluding tert-OH is 1. The molecule has 2 aliphatic heterocycles. The second-order valence-electron chi connectivity index (χ2n) is 7.12. The second-order valence-corrected chi connectivity index (χ2v) is 7.12. The van der Waals surface area contributed by atoms with E-state index in [2.05, 4.69) is 0 Å². The van der Waals surface area contributed by atoms with Gasteiger partial charge in [0.05, 0.1) is 19.1 Å². The number of piperidine rings is 2. The molecule has 3 fully saturated rings. The Kier molecular flexibility index (Phi) is 3.48. The van der Waals surface area contributed by atoms with Crippen LogP contribution in [0.3, 0.4) is 0 Å². The fourth-order valence-corrected chi connectivity index (χ4v) is 3.48. The summed E-state index contributed by atoms with van der Waals surface area (Å²) in [4.78, 5) is 25.6. The van der Waals surface area contributed by atoms with Crippen LogP contribution >= 0.6 is 0 Å². The predicted molar refractivity (Wildman–Crippen MR) is 71.0 cm³/mol. The number of nitrogens with zero attached hydrogens (tertiary/aromatic N) is 1. The first-order chi connectivity index (χ1) is 9.15. The molecule has 0 aromatic carbocycles. The van der Waals surface area contributed by atoms with Gasteiger partial charge in [0.15, 0.2) is 0 Å². The summed E-state index contributed by atoms with van der Waals surface area (Å²) in [5.41, 5.74) is -1.64. The highest BCUT2D eigenvalue weighted by atomic mass is 16.6. The molecule has 20 heavy (non-hydrogen) atoms. The lowest BCUT2D eigenvalue weighted by Crippen LogP contribution is -2.68. The number of amides is 1. The zero-order valence-electron chi connectivity index (χ0n) is 12.6. The molecular formula is C14H23NO5. The van der Waals surface area contributed by atoms with Gasteiger partial charge in [-0.25, -0.2) is 4.79 Å². The highest BCUT2D eigenvalue weighted by molar-refractivity contribution is 5.80. The summed E-state index contributed by atoms with van der Waals surface area (Å²) in [5.74, 6) is -0.310. The van der Waals surface area contributed by atoms with Crippen molar-refractivity contribution in [2.24, 2.45) is 10.8 Å². The molecule has 0 radical (unpaired) electrons. The van der Waals surface area contributed by atoms with Gasteiger partial charge < -0.3 is 19.5 Å². The molecule has 3 rings (SSSR count). The van der Waals surface area contributed by atoms with Gasteiger partial charge in [-0.3, -0.25) is 4.79 Å². The van der Waals surface area contributed by atoms with Crippen molar-refractivity contribution in [1.29, 1.82) is 0 Å². The van der Waals surface area contributed by atoms with Crippen molar-refractivity contribution in [3.63, 3.8) is 0 Å². The third kappa shape index (κ3) is 2.49. The Morgan fingerprint density at radius 2 is 1.85 bits per heavy atom. The fourth-order valence-electron chi connectivity index (χ4n) is 3.48. The molecule has 0 aromatic heterocycles. The third-order valence-corrected chi connectivity index (χ3v) is 4.05. The van der Waals surface area contributed by atoms with E-state index in [1.807, 2.05) is 0 Å². The summed E-state index contributed by atoms with van der Waals surface area (Å²) in [6.07, 6.45) is 0.702. The zero-order valence-corrected chi connectivity index (χ0v) is 12.6. The van der Waals surface area contributed by atoms with Gasteiger partial charge in [-0.15, -0.1) is 0 Å². The molecule has 6 nitrogen and oxygen atoms in total. The molecule has 3 aliphatic rings. The average Bonchev–Trinajstić information content (AvgIpc) is 2.34. The lowest BCUT2D eigenvalue weighted by molar-refractivity contribution is -0.193. The summed E-state index contributed by atoms with van der Waals surface area (Å²) in [7, 11) is 1.35. The SMILES string of the molecule is COC(=O)C12CN(C(=O)OC(C)(C)C)CC(CO)(C1)C2. The Hall–Kier alpha value is -1.30. The molecule has 1 N–H and O–H groups in total. The normalized spacial score (nSPS) is 32.4. The van der Waals surface area contributed by atoms with E-state index in [9.17, 15) is 14.7 Å². The van der Waals surface area contributed by atoms with E-state index in [1.165, 1.54) is 12.0 Å². The Bertz CT molecular complexity index is 420. The molecule has 1 saturated carbocycles. The van der Waals surface area contributed by atoms with E-state index >= 15 is 0 Å². The van der Waals surface area contributed by atoms with Crippen molar-refractivity contribution in [2.75, 3.05) is 26.8 Å². The molecule has 0 atom stereocenters. The largest absolute Gasteiger partial charge is 0.469 e. The Balaban J connectivity index is 2.13. The van der Waals surface area contributed by atoms with E-state index in [1.54, 1.807) is 20.8 Å². The summed E-state index contributed by atoms with van der Waals surface area (Å²) in [5, 5.41) is 9.56. The van der Waals surface area contributed by atoms with Gasteiger partial charge >= 0.3 is 12.1 Å². The zero-order chi connectivity index (χ0) is 15.2. The lowest BCUT2D eigenvalue weighted by atomic mass is 9.50. The first-order valence-electron chi connectivity index (χ1n) is 6.83. The van der Waals surface area contributed by atoms with Crippen LogP contribution in [0.2, 0.25) is 0 Å². The molecule has 0 unspecified atom stereocenters. The molecule has 0 spiro atoms. The van der Waals surface area contributed by atoms with Gasteiger partial charge in [-0.05, 0) is 33.6 Å². The van der Waals surface area contributed by atoms with Crippen molar-refractivity contribution < 1.29 is 24.2 Å². The Morgan fingerprint density at radius 1 is 1.25 bits per heavy atom. The number of hydrogen-bond acceptors (Lipinski definition) is 5. The van der Waals surface area contributed by atoms with Gasteiger partial charge in [0, 0.05) is 18.5 Å². The standard InChI is InChI=1S/C14H23NO5/c1-12(2,3)20-11(18)15-7-13(9-16)5-14(6-13,8-15)10(17)19-4/h16H,5-9H2,1-4H3. The third-order valence-electron chi connectivity index (χ3n) is 4.05. The number of ether oxygens (including phenoxy) is 2. The van der Waals surface area contributed by atoms with Crippen LogP contribution in [0.25, 0.3) is 0 Å². The van der Waals surface area contributed by atoms with Gasteiger partial charge in [0.1, 0.15) is 5.60 Å². The summed E-state index contributed by atoms with van der Waals surface area (Å²) in [6.45, 7) is 6.09. The number of methoxy groups -OCH3 is 1. The maximum Gasteiger partial charge on any atom is 0.410 e. The maximum absolute atomic E-state index is 12.2. The van der Waals surface area contributed by atoms with E-state index in [4.69, 9.17) is 9.47 Å². The number of esters is 1. The molecule has 0 aromatic rings. The maximum atomic E-state index is 12.2. The highest BCUT2D eigenvalue weighted by Crippen LogP contribution is 2.59. The first-order valence-corrected chi connectivity index (χ1v) is 6.83. The molecule has 2 saturated heterocycles. The quantitative estimate of drug-likeness (QED) is 0.771. The first kappa shape index (κ1) is 15.1. The fraction of sp³-hybridized carbons (Fsp3) is 0.857. The van der Waals surface area contributed by atoms with E-state index in [0.29, 0.717) is 25.9 Å². The van der Waals surface area contributed by atoms with Crippen molar-refractivity contribution >= 4 is 12.1 Å². The van der Waals surface area contributed by atoms with E-state index in [-0.39, 0.29) is 18.0 Å². The number of fused-ring (bicyclic) bond motifs is 2. The van der Waals surface area contributed by atoms with Crippen molar-refractivity contribution in [1.82, 2.24) is 4.90 Å². The van der Waals surface area contributed by atoms with Gasteiger partial charge in [-0.2, -0.15) is 0 Å². The van der Waals surface area contributed by atoms with Gasteiger partial charge in [0.2, 0.25) is 0 Å². The molecule has 1 amide bonds. The lowest BCUT2D eigenvalue weighted by Gasteiger charge is -2.60. The number of rotatable bonds is 2. The summed E-state index contributed by atoms with van der Waals surface area (Å²) in [6, 6.07) is 0. The molecule has 2 heterocycles. The molecular weight excluding hydrogens is 262 g/mol. The average molecular weight is 285 g/mol. The number of carbonyl (C=O) groups is 2. The Morgan fingerprint density at radius 3 is 2.30 bits per heavy atom. The van der Waals surface area contributed by atoms with Crippen LogP contribution in [-0.4, -0.2) is 54.5 Å². The predicted octanol–water partition coefficient (Wildman–Crippen LogP) is 1.17. The number of carbonyl (C=O) groups excluding carboxylic acids is 2. The van der Waals surface area contributed by atoms with E-state index < -0.39 is 17.1 Å². The second kappa shape index (κ2) is 4.62.